The second-order valence-corrected chi connectivity index (χ2v) is 7.46. The second-order valence-electron chi connectivity index (χ2n) is 7.46. The minimum atomic E-state index is 0.171. The molecule has 28 heavy (non-hydrogen) atoms. The van der Waals surface area contributed by atoms with Crippen molar-refractivity contribution in [2.75, 3.05) is 6.54 Å². The van der Waals surface area contributed by atoms with Crippen molar-refractivity contribution in [2.24, 2.45) is 18.0 Å². The van der Waals surface area contributed by atoms with Crippen LogP contribution in [0.1, 0.15) is 69.7 Å². The third-order valence-corrected chi connectivity index (χ3v) is 5.32. The van der Waals surface area contributed by atoms with Crippen LogP contribution in [0.4, 0.5) is 0 Å². The summed E-state index contributed by atoms with van der Waals surface area (Å²) >= 11 is 0. The maximum Gasteiger partial charge on any atom is 0.192 e. The zero-order chi connectivity index (χ0) is 20.4. The van der Waals surface area contributed by atoms with Gasteiger partial charge in [-0.25, -0.2) is 4.99 Å². The minimum Gasteiger partial charge on any atom is -0.356 e. The van der Waals surface area contributed by atoms with Gasteiger partial charge in [0, 0.05) is 13.6 Å². The van der Waals surface area contributed by atoms with Crippen LogP contribution >= 0.6 is 0 Å². The molecule has 0 saturated heterocycles. The summed E-state index contributed by atoms with van der Waals surface area (Å²) in [6.45, 7) is 10.1. The van der Waals surface area contributed by atoms with E-state index in [0.29, 0.717) is 12.5 Å². The Labute approximate surface area is 169 Å². The molecular formula is C22H36N6. The van der Waals surface area contributed by atoms with Crippen LogP contribution in [0.15, 0.2) is 35.3 Å². The molecule has 1 aromatic heterocycles. The molecule has 2 aromatic rings. The van der Waals surface area contributed by atoms with E-state index in [1.54, 1.807) is 0 Å². The highest BCUT2D eigenvalue weighted by Gasteiger charge is 2.12. The van der Waals surface area contributed by atoms with Gasteiger partial charge < -0.3 is 15.2 Å². The molecule has 1 heterocycles. The molecule has 0 radical (unpaired) electrons. The molecule has 0 saturated carbocycles. The third kappa shape index (κ3) is 6.66. The number of nitrogens with one attached hydrogen (secondary N) is 2. The molecule has 0 bridgehead atoms. The Bertz CT molecular complexity index is 722. The molecule has 0 aliphatic rings. The summed E-state index contributed by atoms with van der Waals surface area (Å²) < 4.78 is 1.98. The number of benzene rings is 1. The van der Waals surface area contributed by atoms with Gasteiger partial charge in [0.1, 0.15) is 12.4 Å². The lowest BCUT2D eigenvalue weighted by Crippen LogP contribution is -2.41. The summed E-state index contributed by atoms with van der Waals surface area (Å²) in [5.74, 6) is 3.25. The van der Waals surface area contributed by atoms with Gasteiger partial charge in [-0.3, -0.25) is 0 Å². The first-order valence-corrected chi connectivity index (χ1v) is 10.5. The molecule has 6 nitrogen and oxygen atoms in total. The van der Waals surface area contributed by atoms with Crippen LogP contribution in [-0.4, -0.2) is 27.3 Å². The van der Waals surface area contributed by atoms with Crippen molar-refractivity contribution in [2.45, 2.75) is 66.0 Å². The highest BCUT2D eigenvalue weighted by molar-refractivity contribution is 5.80. The Kier molecular flexibility index (Phi) is 8.98. The highest BCUT2D eigenvalue weighted by Crippen LogP contribution is 2.13. The normalized spacial score (nSPS) is 14.0. The van der Waals surface area contributed by atoms with Crippen molar-refractivity contribution < 1.29 is 0 Å². The molecule has 0 amide bonds. The number of aryl methyl sites for hydroxylation is 1. The number of hydrogen-bond donors (Lipinski definition) is 2. The maximum atomic E-state index is 4.79. The lowest BCUT2D eigenvalue weighted by Gasteiger charge is -2.21. The number of unbranched alkanes of at least 4 members (excludes halogenated alkanes) is 1. The van der Waals surface area contributed by atoms with Crippen molar-refractivity contribution in [1.29, 1.82) is 0 Å². The van der Waals surface area contributed by atoms with Crippen molar-refractivity contribution in [3.05, 3.63) is 47.5 Å². The average molecular weight is 385 g/mol. The molecule has 2 N–H and O–H groups in total. The van der Waals surface area contributed by atoms with Crippen molar-refractivity contribution >= 4 is 5.96 Å². The molecule has 0 fully saturated rings. The van der Waals surface area contributed by atoms with Crippen molar-refractivity contribution in [1.82, 2.24) is 25.4 Å². The van der Waals surface area contributed by atoms with Crippen LogP contribution in [-0.2, 0) is 13.6 Å². The van der Waals surface area contributed by atoms with E-state index in [9.17, 15) is 0 Å². The van der Waals surface area contributed by atoms with Gasteiger partial charge in [0.25, 0.3) is 0 Å². The number of hydrogen-bond acceptors (Lipinski definition) is 3. The lowest BCUT2D eigenvalue weighted by molar-refractivity contribution is 0.442. The Morgan fingerprint density at radius 1 is 1.18 bits per heavy atom. The topological polar surface area (TPSA) is 67.1 Å². The summed E-state index contributed by atoms with van der Waals surface area (Å²) in [4.78, 5) is 4.79. The Morgan fingerprint density at radius 3 is 2.54 bits per heavy atom. The van der Waals surface area contributed by atoms with Gasteiger partial charge in [-0.2, -0.15) is 0 Å². The monoisotopic (exact) mass is 384 g/mol. The van der Waals surface area contributed by atoms with E-state index in [0.717, 1.165) is 24.2 Å². The first-order valence-electron chi connectivity index (χ1n) is 10.5. The number of aliphatic imine (C=N–C) groups is 1. The first-order chi connectivity index (χ1) is 13.5. The summed E-state index contributed by atoms with van der Waals surface area (Å²) in [5, 5.41) is 15.5. The maximum absolute atomic E-state index is 4.79. The number of rotatable bonds is 10. The van der Waals surface area contributed by atoms with Crippen LogP contribution in [0.3, 0.4) is 0 Å². The molecule has 154 valence electrons. The van der Waals surface area contributed by atoms with E-state index in [1.807, 2.05) is 24.6 Å². The number of aromatic nitrogens is 3. The van der Waals surface area contributed by atoms with Gasteiger partial charge in [-0.1, -0.05) is 63.4 Å². The average Bonchev–Trinajstić information content (AvgIpc) is 3.04. The fraction of sp³-hybridized carbons (Fsp3) is 0.591. The van der Waals surface area contributed by atoms with Gasteiger partial charge in [0.2, 0.25) is 0 Å². The number of nitrogens with zero attached hydrogens (tertiary/aromatic N) is 4. The SMILES string of the molecule is CCCCC(CC)CNC(=NCc1nnc(C)n1C)NC(C)c1ccccc1. The summed E-state index contributed by atoms with van der Waals surface area (Å²) in [5.41, 5.74) is 1.24. The zero-order valence-electron chi connectivity index (χ0n) is 18.1. The van der Waals surface area contributed by atoms with Crippen LogP contribution in [0.2, 0.25) is 0 Å². The summed E-state index contributed by atoms with van der Waals surface area (Å²) in [6, 6.07) is 10.6. The van der Waals surface area contributed by atoms with E-state index in [4.69, 9.17) is 4.99 Å². The Hall–Kier alpha value is -2.37. The van der Waals surface area contributed by atoms with Crippen LogP contribution in [0, 0.1) is 12.8 Å². The van der Waals surface area contributed by atoms with E-state index in [-0.39, 0.29) is 6.04 Å². The largest absolute Gasteiger partial charge is 0.356 e. The summed E-state index contributed by atoms with van der Waals surface area (Å²) in [6.07, 6.45) is 4.95. The standard InChI is InChI=1S/C22H36N6/c1-6-8-12-19(7-2)15-23-22(24-16-21-27-26-18(4)28(21)5)25-17(3)20-13-10-9-11-14-20/h9-11,13-14,17,19H,6-8,12,15-16H2,1-5H3,(H2,23,24,25). The molecule has 2 rings (SSSR count). The molecule has 1 aromatic carbocycles. The smallest absolute Gasteiger partial charge is 0.192 e. The number of guanidine groups is 1. The van der Waals surface area contributed by atoms with Gasteiger partial charge in [-0.05, 0) is 31.7 Å². The predicted molar refractivity (Wildman–Crippen MR) is 116 cm³/mol. The van der Waals surface area contributed by atoms with Crippen molar-refractivity contribution in [3.8, 4) is 0 Å². The van der Waals surface area contributed by atoms with Crippen LogP contribution in [0.25, 0.3) is 0 Å². The molecule has 2 unspecified atom stereocenters. The van der Waals surface area contributed by atoms with Crippen molar-refractivity contribution in [3.63, 3.8) is 0 Å². The van der Waals surface area contributed by atoms with E-state index < -0.39 is 0 Å². The molecule has 0 spiro atoms. The van der Waals surface area contributed by atoms with Gasteiger partial charge in [0.05, 0.1) is 6.04 Å². The predicted octanol–water partition coefficient (Wildman–Crippen LogP) is 4.14. The lowest BCUT2D eigenvalue weighted by atomic mass is 9.99. The molecule has 0 aliphatic carbocycles. The molecule has 0 aliphatic heterocycles. The van der Waals surface area contributed by atoms with Gasteiger partial charge in [0.15, 0.2) is 11.8 Å². The molecule has 6 heteroatoms. The van der Waals surface area contributed by atoms with Gasteiger partial charge in [-0.15, -0.1) is 10.2 Å². The Morgan fingerprint density at radius 2 is 1.93 bits per heavy atom. The van der Waals surface area contributed by atoms with E-state index in [2.05, 4.69) is 65.9 Å². The van der Waals surface area contributed by atoms with Crippen LogP contribution < -0.4 is 10.6 Å². The molecular weight excluding hydrogens is 348 g/mol. The summed E-state index contributed by atoms with van der Waals surface area (Å²) in [7, 11) is 1.98. The quantitative estimate of drug-likeness (QED) is 0.477. The van der Waals surface area contributed by atoms with E-state index >= 15 is 0 Å². The van der Waals surface area contributed by atoms with E-state index in [1.165, 1.54) is 31.2 Å². The fourth-order valence-electron chi connectivity index (χ4n) is 3.11. The highest BCUT2D eigenvalue weighted by atomic mass is 15.3. The second kappa shape index (κ2) is 11.5. The van der Waals surface area contributed by atoms with Crippen LogP contribution in [0.5, 0.6) is 0 Å². The first kappa shape index (κ1) is 21.9. The fourth-order valence-corrected chi connectivity index (χ4v) is 3.11. The van der Waals surface area contributed by atoms with Gasteiger partial charge >= 0.3 is 0 Å². The molecule has 2 atom stereocenters. The Balaban J connectivity index is 2.07. The minimum absolute atomic E-state index is 0.171. The zero-order valence-corrected chi connectivity index (χ0v) is 18.1. The third-order valence-electron chi connectivity index (χ3n) is 5.32.